The third kappa shape index (κ3) is 4.86. The summed E-state index contributed by atoms with van der Waals surface area (Å²) in [4.78, 5) is 0. The molecule has 0 heterocycles. The minimum Gasteiger partial charge on any atom is -0.229 e. The number of benzene rings is 3. The highest BCUT2D eigenvalue weighted by molar-refractivity contribution is 7.95. The van der Waals surface area contributed by atoms with E-state index in [1.165, 1.54) is 22.2 Å². The summed E-state index contributed by atoms with van der Waals surface area (Å²) in [5, 5.41) is 4.05. The maximum Gasteiger partial charge on any atom is 0.147 e. The highest BCUT2D eigenvalue weighted by Crippen LogP contribution is 2.55. The molecule has 4 heteroatoms. The van der Waals surface area contributed by atoms with Gasteiger partial charge in [-0.1, -0.05) is 54.6 Å². The molecule has 3 aromatic rings. The van der Waals surface area contributed by atoms with Crippen LogP contribution in [0.15, 0.2) is 91.0 Å². The molecule has 3 rings (SSSR count). The molecule has 0 atom stereocenters. The van der Waals surface area contributed by atoms with Gasteiger partial charge in [-0.2, -0.15) is 0 Å². The van der Waals surface area contributed by atoms with E-state index < -0.39 is 17.1 Å². The van der Waals surface area contributed by atoms with Crippen molar-refractivity contribution in [2.75, 3.05) is 18.2 Å². The number of unbranched alkanes of at least 4 members (excludes halogenated alkanes) is 1. The maximum atomic E-state index is 11.6. The van der Waals surface area contributed by atoms with Crippen molar-refractivity contribution in [1.29, 1.82) is 0 Å². The van der Waals surface area contributed by atoms with Gasteiger partial charge in [0, 0.05) is 6.26 Å². The molecule has 0 saturated heterocycles. The van der Waals surface area contributed by atoms with Gasteiger partial charge in [0.2, 0.25) is 0 Å². The van der Waals surface area contributed by atoms with Crippen LogP contribution < -0.4 is 15.9 Å². The van der Waals surface area contributed by atoms with Crippen LogP contribution in [0, 0.1) is 0 Å². The van der Waals surface area contributed by atoms with Crippen LogP contribution in [0.1, 0.15) is 12.8 Å². The first-order valence-corrected chi connectivity index (χ1v) is 13.3. The molecule has 0 bridgehead atoms. The van der Waals surface area contributed by atoms with Gasteiger partial charge in [-0.05, 0) is 49.2 Å². The van der Waals surface area contributed by atoms with E-state index in [1.807, 2.05) is 0 Å². The monoisotopic (exact) mass is 397 g/mol. The molecule has 0 unspecified atom stereocenters. The van der Waals surface area contributed by atoms with Crippen molar-refractivity contribution < 1.29 is 8.42 Å². The fourth-order valence-electron chi connectivity index (χ4n) is 3.60. The van der Waals surface area contributed by atoms with Gasteiger partial charge < -0.3 is 0 Å². The van der Waals surface area contributed by atoms with E-state index in [2.05, 4.69) is 91.0 Å². The zero-order chi connectivity index (χ0) is 19.2. The van der Waals surface area contributed by atoms with E-state index >= 15 is 0 Å². The van der Waals surface area contributed by atoms with Crippen molar-refractivity contribution in [3.05, 3.63) is 91.0 Å². The van der Waals surface area contributed by atoms with Crippen LogP contribution in [0.25, 0.3) is 0 Å². The average Bonchev–Trinajstić information content (AvgIpc) is 2.70. The number of rotatable bonds is 8. The van der Waals surface area contributed by atoms with Crippen LogP contribution in [0.5, 0.6) is 0 Å². The third-order valence-corrected chi connectivity index (χ3v) is 10.4. The van der Waals surface area contributed by atoms with Crippen LogP contribution >= 0.6 is 7.26 Å². The molecule has 0 saturated carbocycles. The zero-order valence-corrected chi connectivity index (χ0v) is 17.4. The lowest BCUT2D eigenvalue weighted by Crippen LogP contribution is -2.33. The molecule has 0 spiro atoms. The standard InChI is InChI=1S/C23H26O2PS/c1-27(24,25)20-12-11-19-26(21-13-5-2-6-14-21,22-15-7-3-8-16-22)23-17-9-4-10-18-23/h2-10,13-18H,11-12,19-20H2,1H3/q+1. The molecule has 0 fully saturated rings. The Morgan fingerprint density at radius 3 is 1.33 bits per heavy atom. The minimum atomic E-state index is -2.92. The Balaban J connectivity index is 2.08. The van der Waals surface area contributed by atoms with Gasteiger partial charge in [0.05, 0.1) is 11.9 Å². The summed E-state index contributed by atoms with van der Waals surface area (Å²) in [5.74, 6) is 0.255. The van der Waals surface area contributed by atoms with Gasteiger partial charge in [0.1, 0.15) is 33.0 Å². The molecule has 140 valence electrons. The Bertz CT molecular complexity index is 843. The quantitative estimate of drug-likeness (QED) is 0.428. The topological polar surface area (TPSA) is 34.1 Å². The highest BCUT2D eigenvalue weighted by atomic mass is 32.2. The van der Waals surface area contributed by atoms with Crippen molar-refractivity contribution in [2.45, 2.75) is 12.8 Å². The summed E-state index contributed by atoms with van der Waals surface area (Å²) < 4.78 is 23.1. The van der Waals surface area contributed by atoms with Crippen molar-refractivity contribution in [3.63, 3.8) is 0 Å². The molecule has 3 aromatic carbocycles. The lowest BCUT2D eigenvalue weighted by Gasteiger charge is -2.27. The van der Waals surface area contributed by atoms with Crippen LogP contribution in [0.4, 0.5) is 0 Å². The molecule has 0 N–H and O–H groups in total. The molecular formula is C23H26O2PS+. The fourth-order valence-corrected chi connectivity index (χ4v) is 8.73. The Morgan fingerprint density at radius 2 is 1.00 bits per heavy atom. The largest absolute Gasteiger partial charge is 0.229 e. The van der Waals surface area contributed by atoms with Crippen LogP contribution in [-0.2, 0) is 9.84 Å². The first-order valence-electron chi connectivity index (χ1n) is 9.25. The Morgan fingerprint density at radius 1 is 0.630 bits per heavy atom. The molecule has 0 aliphatic rings. The molecule has 0 aliphatic carbocycles. The number of hydrogen-bond donors (Lipinski definition) is 0. The molecule has 0 amide bonds. The average molecular weight is 398 g/mol. The van der Waals surface area contributed by atoms with E-state index in [9.17, 15) is 8.42 Å². The molecule has 0 radical (unpaired) electrons. The van der Waals surface area contributed by atoms with E-state index in [4.69, 9.17) is 0 Å². The molecular weight excluding hydrogens is 371 g/mol. The number of hydrogen-bond acceptors (Lipinski definition) is 2. The fraction of sp³-hybridized carbons (Fsp3) is 0.217. The van der Waals surface area contributed by atoms with E-state index in [1.54, 1.807) is 0 Å². The summed E-state index contributed by atoms with van der Waals surface area (Å²) in [6.45, 7) is 0. The smallest absolute Gasteiger partial charge is 0.147 e. The second-order valence-electron chi connectivity index (χ2n) is 6.88. The first kappa shape index (κ1) is 19.8. The SMILES string of the molecule is CS(=O)(=O)CCCC[P+](c1ccccc1)(c1ccccc1)c1ccccc1. The van der Waals surface area contributed by atoms with Crippen molar-refractivity contribution >= 4 is 33.0 Å². The van der Waals surface area contributed by atoms with E-state index in [-0.39, 0.29) is 5.75 Å². The summed E-state index contributed by atoms with van der Waals surface area (Å²) >= 11 is 0. The van der Waals surface area contributed by atoms with Crippen molar-refractivity contribution in [2.24, 2.45) is 0 Å². The first-order chi connectivity index (χ1) is 13.0. The predicted octanol–water partition coefficient (Wildman–Crippen LogP) is 3.81. The van der Waals surface area contributed by atoms with Gasteiger partial charge in [-0.25, -0.2) is 8.42 Å². The van der Waals surface area contributed by atoms with E-state index in [0.717, 1.165) is 12.6 Å². The summed E-state index contributed by atoms with van der Waals surface area (Å²) in [6.07, 6.45) is 3.88. The predicted molar refractivity (Wildman–Crippen MR) is 119 cm³/mol. The highest BCUT2D eigenvalue weighted by Gasteiger charge is 2.44. The Labute approximate surface area is 163 Å². The van der Waals surface area contributed by atoms with E-state index in [0.29, 0.717) is 6.42 Å². The third-order valence-electron chi connectivity index (χ3n) is 4.85. The molecule has 0 aliphatic heterocycles. The minimum absolute atomic E-state index is 0.255. The summed E-state index contributed by atoms with van der Waals surface area (Å²) in [7, 11) is -4.75. The van der Waals surface area contributed by atoms with Crippen LogP contribution in [-0.4, -0.2) is 26.6 Å². The van der Waals surface area contributed by atoms with Gasteiger partial charge in [-0.15, -0.1) is 0 Å². The second-order valence-corrected chi connectivity index (χ2v) is 12.8. The lowest BCUT2D eigenvalue weighted by atomic mass is 10.3. The molecule has 0 aromatic heterocycles. The second kappa shape index (κ2) is 8.82. The summed E-state index contributed by atoms with van der Waals surface area (Å²) in [6, 6.07) is 32.1. The maximum absolute atomic E-state index is 11.6. The molecule has 27 heavy (non-hydrogen) atoms. The van der Waals surface area contributed by atoms with Gasteiger partial charge in [-0.3, -0.25) is 0 Å². The zero-order valence-electron chi connectivity index (χ0n) is 15.7. The van der Waals surface area contributed by atoms with Gasteiger partial charge >= 0.3 is 0 Å². The van der Waals surface area contributed by atoms with Crippen molar-refractivity contribution in [1.82, 2.24) is 0 Å². The van der Waals surface area contributed by atoms with Crippen LogP contribution in [0.2, 0.25) is 0 Å². The Kier molecular flexibility index (Phi) is 6.46. The lowest BCUT2D eigenvalue weighted by molar-refractivity contribution is 0.598. The van der Waals surface area contributed by atoms with Crippen molar-refractivity contribution in [3.8, 4) is 0 Å². The number of sulfone groups is 1. The Hall–Kier alpha value is -1.96. The van der Waals surface area contributed by atoms with Gasteiger partial charge in [0.15, 0.2) is 0 Å². The normalized spacial score (nSPS) is 12.0. The van der Waals surface area contributed by atoms with Crippen LogP contribution in [0.3, 0.4) is 0 Å². The van der Waals surface area contributed by atoms with Gasteiger partial charge in [0.25, 0.3) is 0 Å². The summed E-state index contributed by atoms with van der Waals surface area (Å²) in [5.41, 5.74) is 0. The molecule has 2 nitrogen and oxygen atoms in total.